The van der Waals surface area contributed by atoms with Crippen LogP contribution < -0.4 is 10.1 Å². The van der Waals surface area contributed by atoms with Crippen LogP contribution in [-0.4, -0.2) is 41.7 Å². The number of ether oxygens (including phenoxy) is 1. The summed E-state index contributed by atoms with van der Waals surface area (Å²) in [5, 5.41) is 3.87. The number of thioether (sulfide) groups is 1. The molecule has 1 N–H and O–H groups in total. The van der Waals surface area contributed by atoms with Gasteiger partial charge in [-0.2, -0.15) is 0 Å². The van der Waals surface area contributed by atoms with Gasteiger partial charge in [-0.15, -0.1) is 11.8 Å². The summed E-state index contributed by atoms with van der Waals surface area (Å²) < 4.78 is 5.24. The highest BCUT2D eigenvalue weighted by Gasteiger charge is 2.28. The summed E-state index contributed by atoms with van der Waals surface area (Å²) in [5.41, 5.74) is 2.08. The molecule has 1 aliphatic rings. The molecule has 0 unspecified atom stereocenters. The van der Waals surface area contributed by atoms with E-state index in [9.17, 15) is 9.59 Å². The van der Waals surface area contributed by atoms with Crippen molar-refractivity contribution in [2.45, 2.75) is 63.4 Å². The molecule has 3 rings (SSSR count). The molecule has 33 heavy (non-hydrogen) atoms. The van der Waals surface area contributed by atoms with E-state index in [0.29, 0.717) is 23.1 Å². The Hall–Kier alpha value is -2.18. The highest BCUT2D eigenvalue weighted by atomic mass is 35.5. The smallest absolute Gasteiger partial charge is 0.242 e. The Kier molecular flexibility index (Phi) is 9.95. The summed E-state index contributed by atoms with van der Waals surface area (Å²) in [6.45, 7) is 2.20. The lowest BCUT2D eigenvalue weighted by molar-refractivity contribution is -0.139. The van der Waals surface area contributed by atoms with Gasteiger partial charge in [0, 0.05) is 23.4 Å². The van der Waals surface area contributed by atoms with Crippen molar-refractivity contribution in [2.24, 2.45) is 0 Å². The first-order valence-corrected chi connectivity index (χ1v) is 13.0. The van der Waals surface area contributed by atoms with E-state index >= 15 is 0 Å². The molecular weight excluding hydrogens is 456 g/mol. The summed E-state index contributed by atoms with van der Waals surface area (Å²) in [5.74, 6) is 1.66. The van der Waals surface area contributed by atoms with E-state index in [1.54, 1.807) is 23.8 Å². The lowest BCUT2D eigenvalue weighted by atomic mass is 9.95. The number of amides is 2. The minimum absolute atomic E-state index is 0.0453. The molecule has 178 valence electrons. The SMILES string of the molecule is COc1ccc(CN(C(=O)CSCc2ccc(Cl)cc2)[C@@H](C)C(=O)NC2CCCCC2)cc1. The van der Waals surface area contributed by atoms with Crippen molar-refractivity contribution in [1.82, 2.24) is 10.2 Å². The van der Waals surface area contributed by atoms with Gasteiger partial charge in [0.1, 0.15) is 11.8 Å². The van der Waals surface area contributed by atoms with Crippen LogP contribution in [0.5, 0.6) is 5.75 Å². The molecule has 0 saturated heterocycles. The molecule has 1 fully saturated rings. The molecule has 1 saturated carbocycles. The van der Waals surface area contributed by atoms with Crippen molar-refractivity contribution in [3.05, 3.63) is 64.7 Å². The fourth-order valence-corrected chi connectivity index (χ4v) is 5.00. The molecule has 0 radical (unpaired) electrons. The van der Waals surface area contributed by atoms with E-state index in [-0.39, 0.29) is 17.9 Å². The molecule has 2 aromatic rings. The van der Waals surface area contributed by atoms with Crippen LogP contribution in [0, 0.1) is 0 Å². The van der Waals surface area contributed by atoms with Crippen LogP contribution in [0.2, 0.25) is 5.02 Å². The van der Waals surface area contributed by atoms with Gasteiger partial charge in [-0.05, 0) is 55.2 Å². The second kappa shape index (κ2) is 12.9. The van der Waals surface area contributed by atoms with Crippen molar-refractivity contribution in [2.75, 3.05) is 12.9 Å². The number of methoxy groups -OCH3 is 1. The maximum atomic E-state index is 13.2. The third-order valence-electron chi connectivity index (χ3n) is 6.04. The number of nitrogens with zero attached hydrogens (tertiary/aromatic N) is 1. The molecule has 5 nitrogen and oxygen atoms in total. The van der Waals surface area contributed by atoms with Gasteiger partial charge in [0.2, 0.25) is 11.8 Å². The minimum atomic E-state index is -0.544. The zero-order valence-electron chi connectivity index (χ0n) is 19.4. The van der Waals surface area contributed by atoms with Gasteiger partial charge in [-0.1, -0.05) is 55.1 Å². The third-order valence-corrected chi connectivity index (χ3v) is 7.28. The molecule has 1 aliphatic carbocycles. The highest BCUT2D eigenvalue weighted by molar-refractivity contribution is 7.99. The van der Waals surface area contributed by atoms with Gasteiger partial charge in [0.15, 0.2) is 0 Å². The van der Waals surface area contributed by atoms with Crippen molar-refractivity contribution in [3.8, 4) is 5.75 Å². The van der Waals surface area contributed by atoms with E-state index in [1.807, 2.05) is 55.5 Å². The van der Waals surface area contributed by atoms with Gasteiger partial charge >= 0.3 is 0 Å². The van der Waals surface area contributed by atoms with E-state index in [1.165, 1.54) is 6.42 Å². The van der Waals surface area contributed by atoms with Crippen LogP contribution in [0.3, 0.4) is 0 Å². The van der Waals surface area contributed by atoms with E-state index in [4.69, 9.17) is 16.3 Å². The van der Waals surface area contributed by atoms with E-state index < -0.39 is 6.04 Å². The molecule has 0 heterocycles. The molecule has 0 aromatic heterocycles. The Bertz CT molecular complexity index is 899. The van der Waals surface area contributed by atoms with Crippen LogP contribution in [-0.2, 0) is 21.9 Å². The number of nitrogens with one attached hydrogen (secondary N) is 1. The zero-order chi connectivity index (χ0) is 23.6. The first kappa shape index (κ1) is 25.4. The Balaban J connectivity index is 1.65. The maximum Gasteiger partial charge on any atom is 0.242 e. The fourth-order valence-electron chi connectivity index (χ4n) is 4.00. The van der Waals surface area contributed by atoms with Crippen LogP contribution in [0.1, 0.15) is 50.2 Å². The average Bonchev–Trinajstić information content (AvgIpc) is 2.84. The van der Waals surface area contributed by atoms with Gasteiger partial charge in [0.05, 0.1) is 12.9 Å². The summed E-state index contributed by atoms with van der Waals surface area (Å²) >= 11 is 7.50. The largest absolute Gasteiger partial charge is 0.497 e. The van der Waals surface area contributed by atoms with Crippen LogP contribution in [0.4, 0.5) is 0 Å². The predicted octanol–water partition coefficient (Wildman–Crippen LogP) is 5.45. The van der Waals surface area contributed by atoms with Gasteiger partial charge < -0.3 is 15.0 Å². The molecule has 2 amide bonds. The van der Waals surface area contributed by atoms with Gasteiger partial charge in [-0.3, -0.25) is 9.59 Å². The van der Waals surface area contributed by atoms with E-state index in [0.717, 1.165) is 42.6 Å². The number of halogens is 1. The van der Waals surface area contributed by atoms with Gasteiger partial charge in [0.25, 0.3) is 0 Å². The standard InChI is InChI=1S/C26H33ClN2O3S/c1-19(26(31)28-23-6-4-3-5-7-23)29(16-20-10-14-24(32-2)15-11-20)25(30)18-33-17-21-8-12-22(27)13-9-21/h8-15,19,23H,3-7,16-18H2,1-2H3,(H,28,31)/t19-/m0/s1. The summed E-state index contributed by atoms with van der Waals surface area (Å²) in [4.78, 5) is 28.0. The summed E-state index contributed by atoms with van der Waals surface area (Å²) in [6, 6.07) is 14.9. The van der Waals surface area contributed by atoms with Gasteiger partial charge in [-0.25, -0.2) is 0 Å². The summed E-state index contributed by atoms with van der Waals surface area (Å²) in [6.07, 6.45) is 5.56. The monoisotopic (exact) mass is 488 g/mol. The molecular formula is C26H33ClN2O3S. The molecule has 0 aliphatic heterocycles. The zero-order valence-corrected chi connectivity index (χ0v) is 21.0. The predicted molar refractivity (Wildman–Crippen MR) is 136 cm³/mol. The van der Waals surface area contributed by atoms with Crippen molar-refractivity contribution in [1.29, 1.82) is 0 Å². The molecule has 2 aromatic carbocycles. The Morgan fingerprint density at radius 1 is 1.06 bits per heavy atom. The normalized spacial score (nSPS) is 15.0. The number of benzene rings is 2. The Morgan fingerprint density at radius 3 is 2.33 bits per heavy atom. The van der Waals surface area contributed by atoms with Crippen LogP contribution in [0.25, 0.3) is 0 Å². The second-order valence-corrected chi connectivity index (χ2v) is 9.93. The molecule has 1 atom stereocenters. The van der Waals surface area contributed by atoms with E-state index in [2.05, 4.69) is 5.32 Å². The fraction of sp³-hybridized carbons (Fsp3) is 0.462. The summed E-state index contributed by atoms with van der Waals surface area (Å²) in [7, 11) is 1.63. The van der Waals surface area contributed by atoms with Crippen molar-refractivity contribution >= 4 is 35.2 Å². The first-order valence-electron chi connectivity index (χ1n) is 11.5. The lowest BCUT2D eigenvalue weighted by Gasteiger charge is -2.31. The van der Waals surface area contributed by atoms with Crippen molar-refractivity contribution < 1.29 is 14.3 Å². The Morgan fingerprint density at radius 2 is 1.70 bits per heavy atom. The maximum absolute atomic E-state index is 13.2. The minimum Gasteiger partial charge on any atom is -0.497 e. The molecule has 7 heteroatoms. The number of carbonyl (C=O) groups is 2. The third kappa shape index (κ3) is 7.97. The highest BCUT2D eigenvalue weighted by Crippen LogP contribution is 2.20. The quantitative estimate of drug-likeness (QED) is 0.483. The number of hydrogen-bond donors (Lipinski definition) is 1. The van der Waals surface area contributed by atoms with Crippen LogP contribution in [0.15, 0.2) is 48.5 Å². The second-order valence-electron chi connectivity index (χ2n) is 8.51. The number of rotatable bonds is 10. The van der Waals surface area contributed by atoms with Crippen LogP contribution >= 0.6 is 23.4 Å². The number of hydrogen-bond acceptors (Lipinski definition) is 4. The average molecular weight is 489 g/mol. The first-order chi connectivity index (χ1) is 16.0. The number of carbonyl (C=O) groups excluding carboxylic acids is 2. The Labute approximate surface area is 206 Å². The van der Waals surface area contributed by atoms with Crippen molar-refractivity contribution in [3.63, 3.8) is 0 Å². The molecule has 0 spiro atoms. The molecule has 0 bridgehead atoms. The topological polar surface area (TPSA) is 58.6 Å². The lowest BCUT2D eigenvalue weighted by Crippen LogP contribution is -2.50.